The van der Waals surface area contributed by atoms with E-state index in [9.17, 15) is 13.2 Å². The highest BCUT2D eigenvalue weighted by atomic mass is 32.2. The molecule has 1 aromatic rings. The molecule has 6 nitrogen and oxygen atoms in total. The smallest absolute Gasteiger partial charge is 0.323 e. The van der Waals surface area contributed by atoms with Crippen LogP contribution in [-0.2, 0) is 19.6 Å². The van der Waals surface area contributed by atoms with E-state index in [4.69, 9.17) is 5.73 Å². The van der Waals surface area contributed by atoms with Crippen molar-refractivity contribution in [2.45, 2.75) is 6.92 Å². The number of benzene rings is 1. The number of sulfonamides is 1. The zero-order chi connectivity index (χ0) is 13.8. The van der Waals surface area contributed by atoms with Crippen LogP contribution in [0.25, 0.3) is 0 Å². The Kier molecular flexibility index (Phi) is 4.55. The fourth-order valence-corrected chi connectivity index (χ4v) is 2.34. The molecule has 100 valence electrons. The molecule has 0 aromatic heterocycles. The Hall–Kier alpha value is -1.76. The van der Waals surface area contributed by atoms with Crippen molar-refractivity contribution < 1.29 is 17.9 Å². The lowest BCUT2D eigenvalue weighted by molar-refractivity contribution is -0.139. The first kappa shape index (κ1) is 14.3. The van der Waals surface area contributed by atoms with Gasteiger partial charge in [-0.2, -0.15) is 0 Å². The van der Waals surface area contributed by atoms with Crippen LogP contribution in [0.15, 0.2) is 24.3 Å². The Morgan fingerprint density at radius 1 is 1.44 bits per heavy atom. The lowest BCUT2D eigenvalue weighted by Crippen LogP contribution is -2.33. The van der Waals surface area contributed by atoms with Crippen LogP contribution in [0.1, 0.15) is 6.92 Å². The third-order valence-corrected chi connectivity index (χ3v) is 3.90. The second-order valence-corrected chi connectivity index (χ2v) is 5.62. The van der Waals surface area contributed by atoms with Gasteiger partial charge < -0.3 is 10.5 Å². The fourth-order valence-electron chi connectivity index (χ4n) is 1.33. The molecule has 0 heterocycles. The number of hydrogen-bond donors (Lipinski definition) is 1. The van der Waals surface area contributed by atoms with Gasteiger partial charge in [-0.15, -0.1) is 0 Å². The lowest BCUT2D eigenvalue weighted by atomic mass is 10.3. The van der Waals surface area contributed by atoms with E-state index in [0.29, 0.717) is 11.4 Å². The molecule has 0 saturated carbocycles. The Balaban J connectivity index is 2.88. The molecule has 0 saturated heterocycles. The van der Waals surface area contributed by atoms with Gasteiger partial charge in [0.1, 0.15) is 0 Å². The molecular weight excluding hydrogens is 256 g/mol. The van der Waals surface area contributed by atoms with Gasteiger partial charge in [0.15, 0.2) is 5.75 Å². The normalized spacial score (nSPS) is 11.0. The van der Waals surface area contributed by atoms with Crippen molar-refractivity contribution in [2.24, 2.45) is 0 Å². The Bertz CT molecular complexity index is 528. The summed E-state index contributed by atoms with van der Waals surface area (Å²) in [4.78, 5) is 11.2. The van der Waals surface area contributed by atoms with Gasteiger partial charge in [-0.3, -0.25) is 9.10 Å². The fraction of sp³-hybridized carbons (Fsp3) is 0.364. The quantitative estimate of drug-likeness (QED) is 0.626. The summed E-state index contributed by atoms with van der Waals surface area (Å²) < 4.78 is 29.5. The maximum atomic E-state index is 11.9. The monoisotopic (exact) mass is 272 g/mol. The number of nitrogens with zero attached hydrogens (tertiary/aromatic N) is 1. The van der Waals surface area contributed by atoms with E-state index >= 15 is 0 Å². The maximum Gasteiger partial charge on any atom is 0.323 e. The highest BCUT2D eigenvalue weighted by molar-refractivity contribution is 7.93. The van der Waals surface area contributed by atoms with Crippen LogP contribution in [0.2, 0.25) is 0 Å². The van der Waals surface area contributed by atoms with Crippen LogP contribution in [0.3, 0.4) is 0 Å². The predicted octanol–water partition coefficient (Wildman–Crippen LogP) is 0.598. The number of esters is 1. The first-order valence-corrected chi connectivity index (χ1v) is 6.95. The van der Waals surface area contributed by atoms with E-state index in [1.165, 1.54) is 13.1 Å². The van der Waals surface area contributed by atoms with Gasteiger partial charge in [-0.05, 0) is 25.1 Å². The van der Waals surface area contributed by atoms with Gasteiger partial charge in [-0.1, -0.05) is 6.07 Å². The molecule has 0 radical (unpaired) electrons. The van der Waals surface area contributed by atoms with E-state index in [1.54, 1.807) is 25.1 Å². The van der Waals surface area contributed by atoms with E-state index < -0.39 is 21.7 Å². The third-order valence-electron chi connectivity index (χ3n) is 2.26. The minimum Gasteiger partial charge on any atom is -0.465 e. The summed E-state index contributed by atoms with van der Waals surface area (Å²) in [6, 6.07) is 6.40. The number of ether oxygens (including phenoxy) is 1. The minimum atomic E-state index is -3.75. The van der Waals surface area contributed by atoms with Gasteiger partial charge in [-0.25, -0.2) is 8.42 Å². The molecule has 2 N–H and O–H groups in total. The molecule has 0 unspecified atom stereocenters. The maximum absolute atomic E-state index is 11.9. The van der Waals surface area contributed by atoms with Gasteiger partial charge in [0.05, 0.1) is 12.3 Å². The molecule has 1 rings (SSSR count). The molecule has 0 atom stereocenters. The molecular formula is C11H16N2O4S. The summed E-state index contributed by atoms with van der Waals surface area (Å²) in [5.41, 5.74) is 6.43. The summed E-state index contributed by atoms with van der Waals surface area (Å²) in [7, 11) is -2.38. The zero-order valence-corrected chi connectivity index (χ0v) is 11.1. The molecule has 0 amide bonds. The average Bonchev–Trinajstić information content (AvgIpc) is 2.27. The summed E-state index contributed by atoms with van der Waals surface area (Å²) >= 11 is 0. The number of nitrogens with two attached hydrogens (primary N) is 1. The summed E-state index contributed by atoms with van der Waals surface area (Å²) in [6.45, 7) is 1.77. The largest absolute Gasteiger partial charge is 0.465 e. The standard InChI is InChI=1S/C11H16N2O4S/c1-3-17-11(14)8-18(15,16)13(2)10-6-4-5-9(12)7-10/h4-7H,3,8,12H2,1-2H3. The number of nitrogen functional groups attached to an aromatic ring is 1. The molecule has 0 bridgehead atoms. The van der Waals surface area contributed by atoms with Crippen molar-refractivity contribution in [3.8, 4) is 0 Å². The summed E-state index contributed by atoms with van der Waals surface area (Å²) in [5.74, 6) is -1.46. The van der Waals surface area contributed by atoms with Gasteiger partial charge >= 0.3 is 5.97 Å². The third kappa shape index (κ3) is 3.63. The number of rotatable bonds is 5. The number of hydrogen-bond acceptors (Lipinski definition) is 5. The van der Waals surface area contributed by atoms with Crippen LogP contribution < -0.4 is 10.0 Å². The first-order valence-electron chi connectivity index (χ1n) is 5.34. The molecule has 1 aromatic carbocycles. The number of carbonyl (C=O) groups excluding carboxylic acids is 1. The van der Waals surface area contributed by atoms with Gasteiger partial charge in [0.2, 0.25) is 10.0 Å². The molecule has 0 aliphatic heterocycles. The molecule has 0 aliphatic rings. The Morgan fingerprint density at radius 3 is 2.67 bits per heavy atom. The van der Waals surface area contributed by atoms with Crippen molar-refractivity contribution in [1.29, 1.82) is 0 Å². The van der Waals surface area contributed by atoms with Crippen molar-refractivity contribution >= 4 is 27.4 Å². The van der Waals surface area contributed by atoms with Crippen molar-refractivity contribution in [1.82, 2.24) is 0 Å². The van der Waals surface area contributed by atoms with E-state index in [2.05, 4.69) is 4.74 Å². The van der Waals surface area contributed by atoms with E-state index in [1.807, 2.05) is 0 Å². The number of anilines is 2. The molecule has 7 heteroatoms. The minimum absolute atomic E-state index is 0.149. The highest BCUT2D eigenvalue weighted by Crippen LogP contribution is 2.19. The first-order chi connectivity index (χ1) is 8.36. The van der Waals surface area contributed by atoms with Crippen LogP contribution in [0.4, 0.5) is 11.4 Å². The van der Waals surface area contributed by atoms with E-state index in [-0.39, 0.29) is 6.61 Å². The van der Waals surface area contributed by atoms with Crippen LogP contribution >= 0.6 is 0 Å². The zero-order valence-electron chi connectivity index (χ0n) is 10.3. The topological polar surface area (TPSA) is 89.7 Å². The molecule has 18 heavy (non-hydrogen) atoms. The van der Waals surface area contributed by atoms with E-state index in [0.717, 1.165) is 4.31 Å². The van der Waals surface area contributed by atoms with Gasteiger partial charge in [0, 0.05) is 12.7 Å². The van der Waals surface area contributed by atoms with Crippen LogP contribution in [0.5, 0.6) is 0 Å². The average molecular weight is 272 g/mol. The molecule has 0 aliphatic carbocycles. The summed E-state index contributed by atoms with van der Waals surface area (Å²) in [6.07, 6.45) is 0. The Morgan fingerprint density at radius 2 is 2.11 bits per heavy atom. The van der Waals surface area contributed by atoms with Crippen LogP contribution in [0, 0.1) is 0 Å². The summed E-state index contributed by atoms with van der Waals surface area (Å²) in [5, 5.41) is 0. The lowest BCUT2D eigenvalue weighted by Gasteiger charge is -2.19. The predicted molar refractivity (Wildman–Crippen MR) is 69.7 cm³/mol. The number of carbonyl (C=O) groups is 1. The second kappa shape index (κ2) is 5.72. The van der Waals surface area contributed by atoms with Crippen LogP contribution in [-0.4, -0.2) is 33.8 Å². The SMILES string of the molecule is CCOC(=O)CS(=O)(=O)N(C)c1cccc(N)c1. The van der Waals surface area contributed by atoms with Crippen molar-refractivity contribution in [3.05, 3.63) is 24.3 Å². The molecule has 0 spiro atoms. The highest BCUT2D eigenvalue weighted by Gasteiger charge is 2.23. The molecule has 0 fully saturated rings. The second-order valence-electron chi connectivity index (χ2n) is 3.62. The van der Waals surface area contributed by atoms with Crippen molar-refractivity contribution in [3.63, 3.8) is 0 Å². The van der Waals surface area contributed by atoms with Gasteiger partial charge in [0.25, 0.3) is 0 Å². The van der Waals surface area contributed by atoms with Crippen molar-refractivity contribution in [2.75, 3.05) is 29.4 Å². The Labute approximate surface area is 106 Å².